The Labute approximate surface area is 218 Å². The highest BCUT2D eigenvalue weighted by Gasteiger charge is 2.10. The molecule has 12 heteroatoms. The molecule has 0 aliphatic heterocycles. The maximum Gasteiger partial charge on any atom is 0.269 e. The van der Waals surface area contributed by atoms with Crippen LogP contribution in [0, 0.1) is 24.0 Å². The number of aromatic nitrogens is 3. The monoisotopic (exact) mass is 514 g/mol. The lowest BCUT2D eigenvalue weighted by Gasteiger charge is -2.11. The summed E-state index contributed by atoms with van der Waals surface area (Å²) in [5, 5.41) is 21.4. The van der Waals surface area contributed by atoms with Crippen molar-refractivity contribution in [2.75, 3.05) is 30.3 Å². The van der Waals surface area contributed by atoms with Gasteiger partial charge in [-0.05, 0) is 73.0 Å². The Balaban J connectivity index is 1.59. The molecule has 0 saturated carbocycles. The average Bonchev–Trinajstić information content (AvgIpc) is 2.91. The van der Waals surface area contributed by atoms with Gasteiger partial charge in [0.1, 0.15) is 0 Å². The van der Waals surface area contributed by atoms with Crippen molar-refractivity contribution in [2.45, 2.75) is 13.8 Å². The number of non-ortho nitro benzene ring substituents is 1. The van der Waals surface area contributed by atoms with Gasteiger partial charge in [0.25, 0.3) is 5.69 Å². The second-order valence-electron chi connectivity index (χ2n) is 8.14. The quantitative estimate of drug-likeness (QED) is 0.144. The molecule has 3 aromatic carbocycles. The Kier molecular flexibility index (Phi) is 7.92. The van der Waals surface area contributed by atoms with E-state index in [4.69, 9.17) is 9.47 Å². The van der Waals surface area contributed by atoms with Gasteiger partial charge in [0.2, 0.25) is 17.8 Å². The second-order valence-corrected chi connectivity index (χ2v) is 8.14. The SMILES string of the molecule is COc1ccc(C=NNc2nc(Nc3ccc([N+](=O)[O-])cc3)nc(Nc3ccc(C)c(C)c3)n2)cc1OC. The summed E-state index contributed by atoms with van der Waals surface area (Å²) in [5.74, 6) is 1.85. The predicted octanol–water partition coefficient (Wildman–Crippen LogP) is 5.35. The van der Waals surface area contributed by atoms with Crippen LogP contribution in [0.25, 0.3) is 0 Å². The van der Waals surface area contributed by atoms with Crippen molar-refractivity contribution in [3.8, 4) is 11.5 Å². The zero-order valence-electron chi connectivity index (χ0n) is 21.2. The number of hydrogen-bond donors (Lipinski definition) is 3. The number of methoxy groups -OCH3 is 2. The molecular weight excluding hydrogens is 488 g/mol. The molecule has 0 atom stereocenters. The molecule has 38 heavy (non-hydrogen) atoms. The maximum atomic E-state index is 11.0. The molecular formula is C26H26N8O4. The number of nitro groups is 1. The van der Waals surface area contributed by atoms with E-state index in [1.807, 2.05) is 38.1 Å². The minimum Gasteiger partial charge on any atom is -0.493 e. The number of ether oxygens (including phenoxy) is 2. The lowest BCUT2D eigenvalue weighted by molar-refractivity contribution is -0.384. The van der Waals surface area contributed by atoms with E-state index in [2.05, 4.69) is 36.1 Å². The zero-order chi connectivity index (χ0) is 27.1. The van der Waals surface area contributed by atoms with Gasteiger partial charge < -0.3 is 20.1 Å². The highest BCUT2D eigenvalue weighted by atomic mass is 16.6. The van der Waals surface area contributed by atoms with Crippen LogP contribution < -0.4 is 25.5 Å². The Morgan fingerprint density at radius 3 is 2.05 bits per heavy atom. The fraction of sp³-hybridized carbons (Fsp3) is 0.154. The number of hydrogen-bond acceptors (Lipinski definition) is 11. The molecule has 0 fully saturated rings. The Morgan fingerprint density at radius 2 is 1.42 bits per heavy atom. The molecule has 12 nitrogen and oxygen atoms in total. The van der Waals surface area contributed by atoms with Gasteiger partial charge in [-0.3, -0.25) is 10.1 Å². The first kappa shape index (κ1) is 25.8. The summed E-state index contributed by atoms with van der Waals surface area (Å²) >= 11 is 0. The van der Waals surface area contributed by atoms with Crippen molar-refractivity contribution in [2.24, 2.45) is 5.10 Å². The minimum absolute atomic E-state index is 0.0184. The highest BCUT2D eigenvalue weighted by molar-refractivity contribution is 5.81. The van der Waals surface area contributed by atoms with Crippen molar-refractivity contribution in [3.63, 3.8) is 0 Å². The van der Waals surface area contributed by atoms with E-state index >= 15 is 0 Å². The Hall–Kier alpha value is -5.26. The molecule has 4 rings (SSSR count). The molecule has 0 aliphatic carbocycles. The molecule has 4 aromatic rings. The molecule has 0 bridgehead atoms. The first-order chi connectivity index (χ1) is 18.3. The molecule has 0 spiro atoms. The zero-order valence-corrected chi connectivity index (χ0v) is 21.2. The third-order valence-electron chi connectivity index (χ3n) is 5.52. The van der Waals surface area contributed by atoms with E-state index in [-0.39, 0.29) is 23.5 Å². The normalized spacial score (nSPS) is 10.7. The van der Waals surface area contributed by atoms with Crippen LogP contribution in [0.3, 0.4) is 0 Å². The van der Waals surface area contributed by atoms with Crippen molar-refractivity contribution in [1.29, 1.82) is 0 Å². The van der Waals surface area contributed by atoms with E-state index in [1.165, 1.54) is 17.7 Å². The largest absolute Gasteiger partial charge is 0.493 e. The summed E-state index contributed by atoms with van der Waals surface area (Å²) in [5.41, 5.74) is 7.23. The van der Waals surface area contributed by atoms with Crippen LogP contribution in [0.2, 0.25) is 0 Å². The molecule has 0 amide bonds. The fourth-order valence-electron chi connectivity index (χ4n) is 3.38. The van der Waals surface area contributed by atoms with E-state index in [0.717, 1.165) is 16.8 Å². The smallest absolute Gasteiger partial charge is 0.269 e. The second kappa shape index (κ2) is 11.6. The lowest BCUT2D eigenvalue weighted by Crippen LogP contribution is -2.07. The van der Waals surface area contributed by atoms with Crippen LogP contribution in [-0.4, -0.2) is 40.3 Å². The summed E-state index contributed by atoms with van der Waals surface area (Å²) < 4.78 is 10.6. The fourth-order valence-corrected chi connectivity index (χ4v) is 3.38. The molecule has 1 aromatic heterocycles. The standard InChI is InChI=1S/C26H26N8O4/c1-16-5-7-20(13-17(16)2)29-25-30-24(28-19-8-10-21(11-9-19)34(35)36)31-26(32-25)33-27-15-18-6-12-22(37-3)23(14-18)38-4/h5-15H,1-4H3,(H3,28,29,30,31,32,33). The summed E-state index contributed by atoms with van der Waals surface area (Å²) in [6.07, 6.45) is 1.59. The van der Waals surface area contributed by atoms with Crippen LogP contribution in [0.5, 0.6) is 11.5 Å². The first-order valence-electron chi connectivity index (χ1n) is 11.5. The van der Waals surface area contributed by atoms with Crippen LogP contribution in [-0.2, 0) is 0 Å². The van der Waals surface area contributed by atoms with Gasteiger partial charge in [0, 0.05) is 23.5 Å². The molecule has 3 N–H and O–H groups in total. The van der Waals surface area contributed by atoms with E-state index < -0.39 is 4.92 Å². The van der Waals surface area contributed by atoms with Crippen LogP contribution in [0.1, 0.15) is 16.7 Å². The minimum atomic E-state index is -0.462. The lowest BCUT2D eigenvalue weighted by atomic mass is 10.1. The molecule has 0 unspecified atom stereocenters. The van der Waals surface area contributed by atoms with Gasteiger partial charge in [-0.15, -0.1) is 0 Å². The summed E-state index contributed by atoms with van der Waals surface area (Å²) in [4.78, 5) is 23.7. The van der Waals surface area contributed by atoms with Crippen molar-refractivity contribution < 1.29 is 14.4 Å². The highest BCUT2D eigenvalue weighted by Crippen LogP contribution is 2.27. The number of benzene rings is 3. The van der Waals surface area contributed by atoms with Crippen molar-refractivity contribution in [1.82, 2.24) is 15.0 Å². The third-order valence-corrected chi connectivity index (χ3v) is 5.52. The number of rotatable bonds is 10. The number of hydrazone groups is 1. The number of nitrogens with zero attached hydrogens (tertiary/aromatic N) is 5. The van der Waals surface area contributed by atoms with E-state index in [0.29, 0.717) is 17.2 Å². The van der Waals surface area contributed by atoms with Gasteiger partial charge in [-0.25, -0.2) is 5.43 Å². The molecule has 194 valence electrons. The molecule has 0 aliphatic rings. The molecule has 0 saturated heterocycles. The third kappa shape index (κ3) is 6.49. The number of anilines is 5. The topological polar surface area (TPSA) is 149 Å². The Morgan fingerprint density at radius 1 is 0.789 bits per heavy atom. The van der Waals surface area contributed by atoms with Gasteiger partial charge in [-0.2, -0.15) is 20.1 Å². The summed E-state index contributed by atoms with van der Waals surface area (Å²) in [6.45, 7) is 4.05. The van der Waals surface area contributed by atoms with Crippen molar-refractivity contribution in [3.05, 3.63) is 87.5 Å². The summed E-state index contributed by atoms with van der Waals surface area (Å²) in [7, 11) is 3.13. The van der Waals surface area contributed by atoms with E-state index in [9.17, 15) is 10.1 Å². The van der Waals surface area contributed by atoms with Crippen LogP contribution in [0.4, 0.5) is 34.9 Å². The number of nitro benzene ring substituents is 1. The average molecular weight is 515 g/mol. The molecule has 0 radical (unpaired) electrons. The number of nitrogens with one attached hydrogen (secondary N) is 3. The maximum absolute atomic E-state index is 11.0. The van der Waals surface area contributed by atoms with Gasteiger partial charge in [0.15, 0.2) is 11.5 Å². The molecule has 1 heterocycles. The number of aryl methyl sites for hydroxylation is 2. The summed E-state index contributed by atoms with van der Waals surface area (Å²) in [6, 6.07) is 17.2. The van der Waals surface area contributed by atoms with Crippen LogP contribution >= 0.6 is 0 Å². The predicted molar refractivity (Wildman–Crippen MR) is 146 cm³/mol. The van der Waals surface area contributed by atoms with E-state index in [1.54, 1.807) is 44.7 Å². The van der Waals surface area contributed by atoms with Crippen molar-refractivity contribution >= 4 is 41.1 Å². The Bertz CT molecular complexity index is 1480. The van der Waals surface area contributed by atoms with Gasteiger partial charge in [0.05, 0.1) is 25.4 Å². The van der Waals surface area contributed by atoms with Gasteiger partial charge in [-0.1, -0.05) is 6.07 Å². The van der Waals surface area contributed by atoms with Crippen LogP contribution in [0.15, 0.2) is 65.8 Å². The first-order valence-corrected chi connectivity index (χ1v) is 11.5. The van der Waals surface area contributed by atoms with Gasteiger partial charge >= 0.3 is 0 Å².